The Balaban J connectivity index is 1.55. The van der Waals surface area contributed by atoms with E-state index >= 15 is 0 Å². The standard InChI is InChI=1S/C18H22ClN5O/c1-23(18(25)20-12-14-6-8-15(19)9-7-14)16-4-3-11-24(13-16)17-5-2-10-21-22-17/h2,5-10,16H,3-4,11-13H2,1H3,(H,20,25). The summed E-state index contributed by atoms with van der Waals surface area (Å²) in [4.78, 5) is 16.4. The van der Waals surface area contributed by atoms with E-state index in [1.807, 2.05) is 43.4 Å². The molecule has 2 aromatic rings. The molecule has 1 saturated heterocycles. The molecule has 0 bridgehead atoms. The number of carbonyl (C=O) groups is 1. The number of likely N-dealkylation sites (N-methyl/N-ethyl adjacent to an activating group) is 1. The largest absolute Gasteiger partial charge is 0.353 e. The maximum atomic E-state index is 12.5. The molecule has 1 aliphatic heterocycles. The van der Waals surface area contributed by atoms with Crippen LogP contribution in [-0.4, -0.2) is 47.3 Å². The number of amides is 2. The predicted octanol–water partition coefficient (Wildman–Crippen LogP) is 2.94. The fourth-order valence-electron chi connectivity index (χ4n) is 3.01. The van der Waals surface area contributed by atoms with Gasteiger partial charge in [-0.3, -0.25) is 0 Å². The van der Waals surface area contributed by atoms with Crippen LogP contribution in [-0.2, 0) is 6.54 Å². The van der Waals surface area contributed by atoms with Gasteiger partial charge in [-0.05, 0) is 42.7 Å². The average Bonchev–Trinajstić information content (AvgIpc) is 2.67. The summed E-state index contributed by atoms with van der Waals surface area (Å²) in [5.41, 5.74) is 1.02. The van der Waals surface area contributed by atoms with Gasteiger partial charge in [-0.2, -0.15) is 5.10 Å². The Labute approximate surface area is 152 Å². The topological polar surface area (TPSA) is 61.4 Å². The van der Waals surface area contributed by atoms with E-state index in [1.54, 1.807) is 11.1 Å². The quantitative estimate of drug-likeness (QED) is 0.911. The van der Waals surface area contributed by atoms with Crippen molar-refractivity contribution in [2.24, 2.45) is 0 Å². The van der Waals surface area contributed by atoms with Crippen molar-refractivity contribution in [1.82, 2.24) is 20.4 Å². The van der Waals surface area contributed by atoms with Gasteiger partial charge in [-0.25, -0.2) is 4.79 Å². The van der Waals surface area contributed by atoms with Crippen LogP contribution in [0.2, 0.25) is 5.02 Å². The molecular weight excluding hydrogens is 338 g/mol. The zero-order valence-electron chi connectivity index (χ0n) is 14.2. The molecule has 0 radical (unpaired) electrons. The van der Waals surface area contributed by atoms with Gasteiger partial charge in [-0.15, -0.1) is 5.10 Å². The normalized spacial score (nSPS) is 17.2. The molecule has 6 nitrogen and oxygen atoms in total. The monoisotopic (exact) mass is 359 g/mol. The van der Waals surface area contributed by atoms with Crippen molar-refractivity contribution in [3.63, 3.8) is 0 Å². The summed E-state index contributed by atoms with van der Waals surface area (Å²) < 4.78 is 0. The maximum Gasteiger partial charge on any atom is 0.317 e. The fourth-order valence-corrected chi connectivity index (χ4v) is 3.14. The first-order chi connectivity index (χ1) is 12.1. The highest BCUT2D eigenvalue weighted by Crippen LogP contribution is 2.19. The fraction of sp³-hybridized carbons (Fsp3) is 0.389. The summed E-state index contributed by atoms with van der Waals surface area (Å²) in [6, 6.07) is 11.4. The Kier molecular flexibility index (Phi) is 5.71. The highest BCUT2D eigenvalue weighted by molar-refractivity contribution is 6.30. The van der Waals surface area contributed by atoms with E-state index < -0.39 is 0 Å². The van der Waals surface area contributed by atoms with Crippen molar-refractivity contribution >= 4 is 23.4 Å². The molecule has 0 saturated carbocycles. The SMILES string of the molecule is CN(C(=O)NCc1ccc(Cl)cc1)C1CCCN(c2cccnn2)C1. The molecular formula is C18H22ClN5O. The molecule has 1 atom stereocenters. The lowest BCUT2D eigenvalue weighted by Crippen LogP contribution is -2.51. The molecule has 3 rings (SSSR count). The smallest absolute Gasteiger partial charge is 0.317 e. The lowest BCUT2D eigenvalue weighted by molar-refractivity contribution is 0.182. The van der Waals surface area contributed by atoms with Gasteiger partial charge in [0.25, 0.3) is 0 Å². The van der Waals surface area contributed by atoms with Gasteiger partial charge in [0.2, 0.25) is 0 Å². The summed E-state index contributed by atoms with van der Waals surface area (Å²) in [7, 11) is 1.85. The molecule has 0 spiro atoms. The van der Waals surface area contributed by atoms with E-state index in [-0.39, 0.29) is 12.1 Å². The van der Waals surface area contributed by atoms with Crippen molar-refractivity contribution in [3.05, 3.63) is 53.2 Å². The van der Waals surface area contributed by atoms with Gasteiger partial charge in [0, 0.05) is 37.9 Å². The molecule has 7 heteroatoms. The molecule has 2 heterocycles. The minimum atomic E-state index is -0.0686. The minimum absolute atomic E-state index is 0.0686. The Morgan fingerprint density at radius 3 is 2.88 bits per heavy atom. The second kappa shape index (κ2) is 8.16. The predicted molar refractivity (Wildman–Crippen MR) is 98.7 cm³/mol. The summed E-state index contributed by atoms with van der Waals surface area (Å²) in [6.45, 7) is 2.19. The summed E-state index contributed by atoms with van der Waals surface area (Å²) >= 11 is 5.88. The molecule has 25 heavy (non-hydrogen) atoms. The second-order valence-electron chi connectivity index (χ2n) is 6.22. The third-order valence-electron chi connectivity index (χ3n) is 4.50. The van der Waals surface area contributed by atoms with Gasteiger partial charge in [-0.1, -0.05) is 23.7 Å². The molecule has 2 amide bonds. The zero-order valence-corrected chi connectivity index (χ0v) is 15.0. The first kappa shape index (κ1) is 17.5. The molecule has 1 unspecified atom stereocenters. The van der Waals surface area contributed by atoms with Crippen LogP contribution >= 0.6 is 11.6 Å². The second-order valence-corrected chi connectivity index (χ2v) is 6.66. The Morgan fingerprint density at radius 1 is 1.36 bits per heavy atom. The number of hydrogen-bond acceptors (Lipinski definition) is 4. The van der Waals surface area contributed by atoms with Crippen molar-refractivity contribution in [1.29, 1.82) is 0 Å². The van der Waals surface area contributed by atoms with E-state index in [2.05, 4.69) is 20.4 Å². The van der Waals surface area contributed by atoms with Gasteiger partial charge in [0.15, 0.2) is 5.82 Å². The van der Waals surface area contributed by atoms with Crippen LogP contribution in [0.4, 0.5) is 10.6 Å². The van der Waals surface area contributed by atoms with E-state index in [0.717, 1.165) is 37.3 Å². The molecule has 1 aromatic heterocycles. The van der Waals surface area contributed by atoms with Gasteiger partial charge in [0.1, 0.15) is 0 Å². The number of urea groups is 1. The maximum absolute atomic E-state index is 12.5. The summed E-state index contributed by atoms with van der Waals surface area (Å²) in [5.74, 6) is 0.863. The van der Waals surface area contributed by atoms with E-state index in [9.17, 15) is 4.79 Å². The summed E-state index contributed by atoms with van der Waals surface area (Å²) in [5, 5.41) is 11.8. The van der Waals surface area contributed by atoms with E-state index in [4.69, 9.17) is 11.6 Å². The zero-order chi connectivity index (χ0) is 17.6. The Hall–Kier alpha value is -2.34. The third-order valence-corrected chi connectivity index (χ3v) is 4.76. The van der Waals surface area contributed by atoms with Gasteiger partial charge >= 0.3 is 6.03 Å². The first-order valence-electron chi connectivity index (χ1n) is 8.41. The van der Waals surface area contributed by atoms with Crippen molar-refractivity contribution in [2.45, 2.75) is 25.4 Å². The number of aromatic nitrogens is 2. The van der Waals surface area contributed by atoms with E-state index in [1.165, 1.54) is 0 Å². The molecule has 132 valence electrons. The number of rotatable bonds is 4. The number of carbonyl (C=O) groups excluding carboxylic acids is 1. The van der Waals surface area contributed by atoms with Crippen LogP contribution in [0.5, 0.6) is 0 Å². The third kappa shape index (κ3) is 4.60. The number of anilines is 1. The minimum Gasteiger partial charge on any atom is -0.353 e. The van der Waals surface area contributed by atoms with Gasteiger partial charge in [0.05, 0.1) is 6.04 Å². The van der Waals surface area contributed by atoms with Crippen LogP contribution in [0.3, 0.4) is 0 Å². The first-order valence-corrected chi connectivity index (χ1v) is 8.79. The molecule has 1 aromatic carbocycles. The highest BCUT2D eigenvalue weighted by Gasteiger charge is 2.26. The van der Waals surface area contributed by atoms with Crippen LogP contribution < -0.4 is 10.2 Å². The van der Waals surface area contributed by atoms with Crippen LogP contribution in [0.25, 0.3) is 0 Å². The van der Waals surface area contributed by atoms with Crippen molar-refractivity contribution in [3.8, 4) is 0 Å². The van der Waals surface area contributed by atoms with Crippen molar-refractivity contribution in [2.75, 3.05) is 25.0 Å². The number of benzene rings is 1. The van der Waals surface area contributed by atoms with Crippen molar-refractivity contribution < 1.29 is 4.79 Å². The molecule has 1 N–H and O–H groups in total. The lowest BCUT2D eigenvalue weighted by atomic mass is 10.0. The van der Waals surface area contributed by atoms with Crippen LogP contribution in [0.1, 0.15) is 18.4 Å². The average molecular weight is 360 g/mol. The van der Waals surface area contributed by atoms with Crippen LogP contribution in [0.15, 0.2) is 42.6 Å². The number of nitrogens with one attached hydrogen (secondary N) is 1. The highest BCUT2D eigenvalue weighted by atomic mass is 35.5. The number of hydrogen-bond donors (Lipinski definition) is 1. The lowest BCUT2D eigenvalue weighted by Gasteiger charge is -2.37. The number of piperidine rings is 1. The van der Waals surface area contributed by atoms with Crippen LogP contribution in [0, 0.1) is 0 Å². The molecule has 0 aliphatic carbocycles. The van der Waals surface area contributed by atoms with E-state index in [0.29, 0.717) is 11.6 Å². The number of nitrogens with zero attached hydrogens (tertiary/aromatic N) is 4. The molecule has 1 fully saturated rings. The molecule has 1 aliphatic rings. The summed E-state index contributed by atoms with van der Waals surface area (Å²) in [6.07, 6.45) is 3.68. The number of halogens is 1. The Bertz CT molecular complexity index is 694. The Morgan fingerprint density at radius 2 is 2.16 bits per heavy atom. The van der Waals surface area contributed by atoms with Gasteiger partial charge < -0.3 is 15.1 Å².